The van der Waals surface area contributed by atoms with Crippen molar-refractivity contribution in [3.8, 4) is 0 Å². The van der Waals surface area contributed by atoms with Crippen molar-refractivity contribution < 1.29 is 5.11 Å². The Morgan fingerprint density at radius 3 is 2.55 bits per heavy atom. The van der Waals surface area contributed by atoms with Gasteiger partial charge in [0.15, 0.2) is 0 Å². The summed E-state index contributed by atoms with van der Waals surface area (Å²) in [4.78, 5) is 4.61. The van der Waals surface area contributed by atoms with E-state index in [1.807, 2.05) is 61.5 Å². The Morgan fingerprint density at radius 1 is 0.950 bits per heavy atom. The number of benzene rings is 2. The standard InChI is InChI=1S/C18H17NO/c1-13-6-2-4-8-16(13)18(20)12-15-11-10-14-7-3-5-9-17(14)19-15/h2-11,18,20H,12H2,1H3. The number of fused-ring (bicyclic) bond motifs is 1. The molecule has 2 heteroatoms. The average Bonchev–Trinajstić information content (AvgIpc) is 2.47. The Kier molecular flexibility index (Phi) is 3.48. The van der Waals surface area contributed by atoms with Crippen LogP contribution in [0.4, 0.5) is 0 Å². The van der Waals surface area contributed by atoms with E-state index in [0.29, 0.717) is 6.42 Å². The molecule has 0 aliphatic rings. The number of rotatable bonds is 3. The maximum Gasteiger partial charge on any atom is 0.0848 e. The minimum atomic E-state index is -0.509. The van der Waals surface area contributed by atoms with Crippen LogP contribution in [-0.4, -0.2) is 10.1 Å². The molecule has 1 heterocycles. The van der Waals surface area contributed by atoms with Crippen molar-refractivity contribution in [3.05, 3.63) is 77.5 Å². The molecule has 0 spiro atoms. The zero-order valence-electron chi connectivity index (χ0n) is 11.5. The molecule has 100 valence electrons. The molecule has 2 aromatic carbocycles. The van der Waals surface area contributed by atoms with E-state index in [1.165, 1.54) is 0 Å². The van der Waals surface area contributed by atoms with E-state index < -0.39 is 6.10 Å². The number of hydrogen-bond acceptors (Lipinski definition) is 2. The summed E-state index contributed by atoms with van der Waals surface area (Å²) in [6.07, 6.45) is 0.0280. The van der Waals surface area contributed by atoms with Crippen LogP contribution in [0.5, 0.6) is 0 Å². The molecule has 0 amide bonds. The zero-order chi connectivity index (χ0) is 13.9. The smallest absolute Gasteiger partial charge is 0.0848 e. The second kappa shape index (κ2) is 5.43. The molecule has 1 unspecified atom stereocenters. The number of aliphatic hydroxyl groups is 1. The van der Waals surface area contributed by atoms with Gasteiger partial charge in [-0.2, -0.15) is 0 Å². The summed E-state index contributed by atoms with van der Waals surface area (Å²) in [6, 6.07) is 20.0. The van der Waals surface area contributed by atoms with Gasteiger partial charge in [0.05, 0.1) is 11.6 Å². The highest BCUT2D eigenvalue weighted by Crippen LogP contribution is 2.21. The lowest BCUT2D eigenvalue weighted by Crippen LogP contribution is -2.05. The molecule has 1 atom stereocenters. The van der Waals surface area contributed by atoms with Crippen LogP contribution >= 0.6 is 0 Å². The maximum absolute atomic E-state index is 10.4. The van der Waals surface area contributed by atoms with Gasteiger partial charge in [0.25, 0.3) is 0 Å². The maximum atomic E-state index is 10.4. The van der Waals surface area contributed by atoms with Crippen LogP contribution in [0.2, 0.25) is 0 Å². The third-order valence-corrected chi connectivity index (χ3v) is 3.61. The minimum Gasteiger partial charge on any atom is -0.388 e. The zero-order valence-corrected chi connectivity index (χ0v) is 11.5. The summed E-state index contributed by atoms with van der Waals surface area (Å²) in [5, 5.41) is 11.5. The Balaban J connectivity index is 1.87. The number of hydrogen-bond donors (Lipinski definition) is 1. The van der Waals surface area contributed by atoms with Crippen LogP contribution in [-0.2, 0) is 6.42 Å². The lowest BCUT2D eigenvalue weighted by Gasteiger charge is -2.13. The minimum absolute atomic E-state index is 0.509. The molecule has 0 saturated heterocycles. The van der Waals surface area contributed by atoms with Crippen LogP contribution < -0.4 is 0 Å². The first-order valence-electron chi connectivity index (χ1n) is 6.82. The molecule has 3 rings (SSSR count). The number of pyridine rings is 1. The van der Waals surface area contributed by atoms with Crippen molar-refractivity contribution in [2.45, 2.75) is 19.4 Å². The van der Waals surface area contributed by atoms with E-state index in [2.05, 4.69) is 11.1 Å². The van der Waals surface area contributed by atoms with Crippen molar-refractivity contribution in [1.29, 1.82) is 0 Å². The third kappa shape index (κ3) is 2.56. The van der Waals surface area contributed by atoms with Crippen molar-refractivity contribution >= 4 is 10.9 Å². The van der Waals surface area contributed by atoms with E-state index in [-0.39, 0.29) is 0 Å². The Hall–Kier alpha value is -2.19. The number of nitrogens with zero attached hydrogens (tertiary/aromatic N) is 1. The largest absolute Gasteiger partial charge is 0.388 e. The van der Waals surface area contributed by atoms with Gasteiger partial charge < -0.3 is 5.11 Å². The third-order valence-electron chi connectivity index (χ3n) is 3.61. The predicted molar refractivity (Wildman–Crippen MR) is 81.6 cm³/mol. The quantitative estimate of drug-likeness (QED) is 0.779. The van der Waals surface area contributed by atoms with E-state index in [0.717, 1.165) is 27.7 Å². The van der Waals surface area contributed by atoms with Crippen LogP contribution in [0.15, 0.2) is 60.7 Å². The summed E-state index contributed by atoms with van der Waals surface area (Å²) in [7, 11) is 0. The van der Waals surface area contributed by atoms with Crippen LogP contribution in [0.25, 0.3) is 10.9 Å². The van der Waals surface area contributed by atoms with Crippen molar-refractivity contribution in [2.75, 3.05) is 0 Å². The normalized spacial score (nSPS) is 12.5. The summed E-state index contributed by atoms with van der Waals surface area (Å²) in [6.45, 7) is 2.02. The Labute approximate surface area is 118 Å². The van der Waals surface area contributed by atoms with Gasteiger partial charge in [0, 0.05) is 17.5 Å². The Morgan fingerprint density at radius 2 is 1.70 bits per heavy atom. The van der Waals surface area contributed by atoms with E-state index in [4.69, 9.17) is 0 Å². The van der Waals surface area contributed by atoms with Gasteiger partial charge in [-0.3, -0.25) is 4.98 Å². The highest BCUT2D eigenvalue weighted by Gasteiger charge is 2.11. The van der Waals surface area contributed by atoms with Crippen molar-refractivity contribution in [2.24, 2.45) is 0 Å². The molecule has 0 aliphatic carbocycles. The molecule has 0 bridgehead atoms. The van der Waals surface area contributed by atoms with E-state index in [1.54, 1.807) is 0 Å². The second-order valence-electron chi connectivity index (χ2n) is 5.07. The number of aromatic nitrogens is 1. The van der Waals surface area contributed by atoms with Gasteiger partial charge in [0.2, 0.25) is 0 Å². The summed E-state index contributed by atoms with van der Waals surface area (Å²) < 4.78 is 0. The van der Waals surface area contributed by atoms with Crippen molar-refractivity contribution in [3.63, 3.8) is 0 Å². The second-order valence-corrected chi connectivity index (χ2v) is 5.07. The van der Waals surface area contributed by atoms with Gasteiger partial charge >= 0.3 is 0 Å². The molecular weight excluding hydrogens is 246 g/mol. The molecule has 0 saturated carbocycles. The van der Waals surface area contributed by atoms with Gasteiger partial charge in [-0.25, -0.2) is 0 Å². The molecular formula is C18H17NO. The molecule has 0 aliphatic heterocycles. The first-order chi connectivity index (χ1) is 9.74. The SMILES string of the molecule is Cc1ccccc1C(O)Cc1ccc2ccccc2n1. The first-order valence-corrected chi connectivity index (χ1v) is 6.82. The van der Waals surface area contributed by atoms with Gasteiger partial charge in [0.1, 0.15) is 0 Å². The lowest BCUT2D eigenvalue weighted by atomic mass is 9.99. The highest BCUT2D eigenvalue weighted by molar-refractivity contribution is 5.78. The first kappa shape index (κ1) is 12.8. The van der Waals surface area contributed by atoms with Crippen LogP contribution in [0.1, 0.15) is 22.9 Å². The van der Waals surface area contributed by atoms with Crippen molar-refractivity contribution in [1.82, 2.24) is 4.98 Å². The lowest BCUT2D eigenvalue weighted by molar-refractivity contribution is 0.176. The average molecular weight is 263 g/mol. The molecule has 2 nitrogen and oxygen atoms in total. The van der Waals surface area contributed by atoms with E-state index in [9.17, 15) is 5.11 Å². The molecule has 0 fully saturated rings. The van der Waals surface area contributed by atoms with Crippen LogP contribution in [0, 0.1) is 6.92 Å². The fourth-order valence-corrected chi connectivity index (χ4v) is 2.49. The summed E-state index contributed by atoms with van der Waals surface area (Å²) in [5.41, 5.74) is 3.98. The molecule has 1 aromatic heterocycles. The fraction of sp³-hybridized carbons (Fsp3) is 0.167. The Bertz CT molecular complexity index is 736. The number of para-hydroxylation sites is 1. The van der Waals surface area contributed by atoms with E-state index >= 15 is 0 Å². The molecule has 1 N–H and O–H groups in total. The number of aliphatic hydroxyl groups excluding tert-OH is 1. The molecule has 3 aromatic rings. The van der Waals surface area contributed by atoms with Gasteiger partial charge in [-0.05, 0) is 30.2 Å². The highest BCUT2D eigenvalue weighted by atomic mass is 16.3. The summed E-state index contributed by atoms with van der Waals surface area (Å²) in [5.74, 6) is 0. The molecule has 20 heavy (non-hydrogen) atoms. The van der Waals surface area contributed by atoms with Gasteiger partial charge in [-0.1, -0.05) is 48.5 Å². The summed E-state index contributed by atoms with van der Waals surface area (Å²) >= 11 is 0. The van der Waals surface area contributed by atoms with Gasteiger partial charge in [-0.15, -0.1) is 0 Å². The predicted octanol–water partition coefficient (Wildman–Crippen LogP) is 3.82. The fourth-order valence-electron chi connectivity index (χ4n) is 2.49. The number of aryl methyl sites for hydroxylation is 1. The van der Waals surface area contributed by atoms with Crippen LogP contribution in [0.3, 0.4) is 0 Å². The molecule has 0 radical (unpaired) electrons. The topological polar surface area (TPSA) is 33.1 Å². The monoisotopic (exact) mass is 263 g/mol.